The fourth-order valence-corrected chi connectivity index (χ4v) is 4.95. The minimum absolute atomic E-state index is 0.234. The molecular weight excluding hydrogens is 460 g/mol. The van der Waals surface area contributed by atoms with Gasteiger partial charge in [-0.15, -0.1) is 0 Å². The highest BCUT2D eigenvalue weighted by Gasteiger charge is 2.33. The number of benzene rings is 2. The standard InChI is InChI=1S/C25H23ClN2O4S/c1-14(2)32-24(30)21-15(3)27-25-28(22(21)17-8-10-19(31-4)11-9-17)23(29)20(33-25)13-16-6-5-7-18(26)12-16/h5-14,22H,1-4H3/b20-13-. The van der Waals surface area contributed by atoms with Crippen molar-refractivity contribution in [3.05, 3.63) is 95.6 Å². The van der Waals surface area contributed by atoms with E-state index in [-0.39, 0.29) is 11.7 Å². The summed E-state index contributed by atoms with van der Waals surface area (Å²) in [7, 11) is 1.59. The summed E-state index contributed by atoms with van der Waals surface area (Å²) in [5.74, 6) is 0.190. The molecule has 1 atom stereocenters. The van der Waals surface area contributed by atoms with Crippen molar-refractivity contribution in [3.63, 3.8) is 0 Å². The van der Waals surface area contributed by atoms with E-state index in [2.05, 4.69) is 4.99 Å². The number of allylic oxidation sites excluding steroid dienone is 1. The van der Waals surface area contributed by atoms with Crippen LogP contribution in [0.2, 0.25) is 5.02 Å². The number of thiazole rings is 1. The van der Waals surface area contributed by atoms with Gasteiger partial charge in [-0.1, -0.05) is 47.2 Å². The molecule has 4 rings (SSSR count). The van der Waals surface area contributed by atoms with Gasteiger partial charge in [0.2, 0.25) is 0 Å². The molecule has 1 aliphatic rings. The first-order valence-electron chi connectivity index (χ1n) is 10.4. The average Bonchev–Trinajstić information content (AvgIpc) is 3.07. The molecule has 8 heteroatoms. The molecule has 0 fully saturated rings. The highest BCUT2D eigenvalue weighted by atomic mass is 35.5. The number of carbonyl (C=O) groups excluding carboxylic acids is 1. The number of carbonyl (C=O) groups is 1. The van der Waals surface area contributed by atoms with E-state index in [0.29, 0.717) is 31.4 Å². The number of methoxy groups -OCH3 is 1. The SMILES string of the molecule is COc1ccc(C2C(C(=O)OC(C)C)=C(C)N=c3s/c(=C\c4cccc(Cl)c4)c(=O)n32)cc1. The minimum atomic E-state index is -0.667. The number of ether oxygens (including phenoxy) is 2. The molecule has 33 heavy (non-hydrogen) atoms. The van der Waals surface area contributed by atoms with Gasteiger partial charge in [0.05, 0.1) is 35.1 Å². The lowest BCUT2D eigenvalue weighted by atomic mass is 9.96. The summed E-state index contributed by atoms with van der Waals surface area (Å²) in [5.41, 5.74) is 2.20. The van der Waals surface area contributed by atoms with Gasteiger partial charge in [0.25, 0.3) is 5.56 Å². The number of hydrogen-bond acceptors (Lipinski definition) is 6. The summed E-state index contributed by atoms with van der Waals surface area (Å²) in [5, 5.41) is 0.585. The molecule has 3 aromatic rings. The van der Waals surface area contributed by atoms with Crippen LogP contribution < -0.4 is 19.6 Å². The van der Waals surface area contributed by atoms with Crippen LogP contribution in [0.1, 0.15) is 37.9 Å². The highest BCUT2D eigenvalue weighted by molar-refractivity contribution is 7.07. The molecule has 0 spiro atoms. The van der Waals surface area contributed by atoms with Crippen LogP contribution in [0.4, 0.5) is 0 Å². The monoisotopic (exact) mass is 482 g/mol. The number of fused-ring (bicyclic) bond motifs is 1. The second kappa shape index (κ2) is 9.37. The van der Waals surface area contributed by atoms with E-state index in [1.54, 1.807) is 62.8 Å². The second-order valence-electron chi connectivity index (χ2n) is 7.86. The maximum atomic E-state index is 13.6. The fraction of sp³-hybridized carbons (Fsp3) is 0.240. The predicted molar refractivity (Wildman–Crippen MR) is 129 cm³/mol. The van der Waals surface area contributed by atoms with Crippen molar-refractivity contribution in [1.29, 1.82) is 0 Å². The number of hydrogen-bond donors (Lipinski definition) is 0. The molecule has 1 aromatic heterocycles. The third-order valence-electron chi connectivity index (χ3n) is 5.16. The topological polar surface area (TPSA) is 69.9 Å². The molecular formula is C25H23ClN2O4S. The van der Waals surface area contributed by atoms with Crippen LogP contribution in [0.5, 0.6) is 5.75 Å². The van der Waals surface area contributed by atoms with Crippen LogP contribution in [0, 0.1) is 0 Å². The van der Waals surface area contributed by atoms with Gasteiger partial charge < -0.3 is 9.47 Å². The van der Waals surface area contributed by atoms with E-state index >= 15 is 0 Å². The van der Waals surface area contributed by atoms with Gasteiger partial charge in [-0.05, 0) is 62.2 Å². The summed E-state index contributed by atoms with van der Waals surface area (Å²) in [6.07, 6.45) is 1.48. The molecule has 0 bridgehead atoms. The molecule has 0 saturated heterocycles. The van der Waals surface area contributed by atoms with Crippen LogP contribution in [0.3, 0.4) is 0 Å². The number of esters is 1. The molecule has 170 valence electrons. The third-order valence-corrected chi connectivity index (χ3v) is 6.38. The van der Waals surface area contributed by atoms with E-state index in [9.17, 15) is 9.59 Å². The van der Waals surface area contributed by atoms with Crippen molar-refractivity contribution in [2.45, 2.75) is 32.9 Å². The molecule has 1 aliphatic heterocycles. The Bertz CT molecular complexity index is 1420. The van der Waals surface area contributed by atoms with Gasteiger partial charge in [0.1, 0.15) is 5.75 Å². The van der Waals surface area contributed by atoms with Gasteiger partial charge in [-0.3, -0.25) is 9.36 Å². The first kappa shape index (κ1) is 23.0. The molecule has 2 heterocycles. The maximum Gasteiger partial charge on any atom is 0.338 e. The zero-order chi connectivity index (χ0) is 23.7. The normalized spacial score (nSPS) is 15.9. The molecule has 0 radical (unpaired) electrons. The van der Waals surface area contributed by atoms with Gasteiger partial charge in [0, 0.05) is 5.02 Å². The third kappa shape index (κ3) is 4.65. The van der Waals surface area contributed by atoms with Crippen LogP contribution in [0.25, 0.3) is 6.08 Å². The fourth-order valence-electron chi connectivity index (χ4n) is 3.71. The van der Waals surface area contributed by atoms with Gasteiger partial charge in [-0.2, -0.15) is 0 Å². The van der Waals surface area contributed by atoms with E-state index in [4.69, 9.17) is 21.1 Å². The van der Waals surface area contributed by atoms with Crippen LogP contribution in [0.15, 0.2) is 69.6 Å². The largest absolute Gasteiger partial charge is 0.497 e. The van der Waals surface area contributed by atoms with Crippen molar-refractivity contribution < 1.29 is 14.3 Å². The Labute approximate surface area is 200 Å². The van der Waals surface area contributed by atoms with Gasteiger partial charge in [0.15, 0.2) is 4.80 Å². The van der Waals surface area contributed by atoms with E-state index in [0.717, 1.165) is 11.1 Å². The Morgan fingerprint density at radius 3 is 2.58 bits per heavy atom. The quantitative estimate of drug-likeness (QED) is 0.518. The lowest BCUT2D eigenvalue weighted by molar-refractivity contribution is -0.143. The first-order valence-corrected chi connectivity index (χ1v) is 11.6. The molecule has 2 aromatic carbocycles. The Morgan fingerprint density at radius 1 is 1.21 bits per heavy atom. The highest BCUT2D eigenvalue weighted by Crippen LogP contribution is 2.31. The van der Waals surface area contributed by atoms with E-state index < -0.39 is 12.0 Å². The Balaban J connectivity index is 1.94. The Hall–Kier alpha value is -3.16. The zero-order valence-electron chi connectivity index (χ0n) is 18.7. The number of aromatic nitrogens is 1. The van der Waals surface area contributed by atoms with Gasteiger partial charge in [-0.25, -0.2) is 9.79 Å². The van der Waals surface area contributed by atoms with Crippen LogP contribution in [-0.2, 0) is 9.53 Å². The summed E-state index contributed by atoms with van der Waals surface area (Å²) < 4.78 is 12.8. The zero-order valence-corrected chi connectivity index (χ0v) is 20.2. The lowest BCUT2D eigenvalue weighted by Gasteiger charge is -2.25. The van der Waals surface area contributed by atoms with E-state index in [1.807, 2.05) is 24.3 Å². The lowest BCUT2D eigenvalue weighted by Crippen LogP contribution is -2.40. The van der Waals surface area contributed by atoms with Crippen molar-refractivity contribution >= 4 is 35.0 Å². The van der Waals surface area contributed by atoms with Crippen LogP contribution >= 0.6 is 22.9 Å². The molecule has 0 aliphatic carbocycles. The van der Waals surface area contributed by atoms with Crippen molar-refractivity contribution in [2.75, 3.05) is 7.11 Å². The smallest absolute Gasteiger partial charge is 0.338 e. The average molecular weight is 483 g/mol. The summed E-state index contributed by atoms with van der Waals surface area (Å²) >= 11 is 7.38. The van der Waals surface area contributed by atoms with Crippen molar-refractivity contribution in [3.8, 4) is 5.75 Å². The van der Waals surface area contributed by atoms with E-state index in [1.165, 1.54) is 11.3 Å². The summed E-state index contributed by atoms with van der Waals surface area (Å²) in [4.78, 5) is 31.8. The minimum Gasteiger partial charge on any atom is -0.497 e. The molecule has 6 nitrogen and oxygen atoms in total. The molecule has 0 amide bonds. The number of nitrogens with zero attached hydrogens (tertiary/aromatic N) is 2. The molecule has 1 unspecified atom stereocenters. The summed E-state index contributed by atoms with van der Waals surface area (Å²) in [6.45, 7) is 5.34. The van der Waals surface area contributed by atoms with Crippen molar-refractivity contribution in [2.24, 2.45) is 4.99 Å². The van der Waals surface area contributed by atoms with Crippen LogP contribution in [-0.4, -0.2) is 23.8 Å². The molecule has 0 saturated carbocycles. The maximum absolute atomic E-state index is 13.6. The first-order chi connectivity index (χ1) is 15.8. The molecule has 0 N–H and O–H groups in total. The summed E-state index contributed by atoms with van der Waals surface area (Å²) in [6, 6.07) is 13.9. The number of halogens is 1. The van der Waals surface area contributed by atoms with Gasteiger partial charge >= 0.3 is 5.97 Å². The van der Waals surface area contributed by atoms with Crippen molar-refractivity contribution in [1.82, 2.24) is 4.57 Å². The Morgan fingerprint density at radius 2 is 1.94 bits per heavy atom. The Kier molecular flexibility index (Phi) is 6.54. The second-order valence-corrected chi connectivity index (χ2v) is 9.31. The number of rotatable bonds is 5. The predicted octanol–water partition coefficient (Wildman–Crippen LogP) is 3.85.